The van der Waals surface area contributed by atoms with Gasteiger partial charge in [0.1, 0.15) is 0 Å². The third-order valence-electron chi connectivity index (χ3n) is 2.58. The van der Waals surface area contributed by atoms with Crippen LogP contribution in [0.4, 0.5) is 0 Å². The zero-order valence-electron chi connectivity index (χ0n) is 9.41. The van der Waals surface area contributed by atoms with Gasteiger partial charge in [0.25, 0.3) is 0 Å². The normalized spacial score (nSPS) is 12.6. The Morgan fingerprint density at radius 3 is 2.88 bits per heavy atom. The standard InChI is InChI=1S/C13H13BrClNS/c1-2-16-13(9-6-7-17-8-9)10-4-3-5-11(14)12(10)15/h3-8,13,16H,2H2,1H3. The van der Waals surface area contributed by atoms with Crippen molar-refractivity contribution in [2.45, 2.75) is 13.0 Å². The highest BCUT2D eigenvalue weighted by atomic mass is 79.9. The molecule has 0 saturated heterocycles. The van der Waals surface area contributed by atoms with Crippen LogP contribution in [0.15, 0.2) is 39.5 Å². The molecular weight excluding hydrogens is 318 g/mol. The number of nitrogens with one attached hydrogen (secondary N) is 1. The summed E-state index contributed by atoms with van der Waals surface area (Å²) in [6.07, 6.45) is 0. The van der Waals surface area contributed by atoms with Crippen molar-refractivity contribution in [2.75, 3.05) is 6.54 Å². The molecular formula is C13H13BrClNS. The van der Waals surface area contributed by atoms with Gasteiger partial charge in [-0.2, -0.15) is 11.3 Å². The van der Waals surface area contributed by atoms with Gasteiger partial charge in [0, 0.05) is 4.47 Å². The van der Waals surface area contributed by atoms with Crippen LogP contribution >= 0.6 is 38.9 Å². The van der Waals surface area contributed by atoms with E-state index in [9.17, 15) is 0 Å². The summed E-state index contributed by atoms with van der Waals surface area (Å²) in [4.78, 5) is 0. The van der Waals surface area contributed by atoms with Crippen LogP contribution in [-0.2, 0) is 0 Å². The van der Waals surface area contributed by atoms with Crippen molar-refractivity contribution in [2.24, 2.45) is 0 Å². The van der Waals surface area contributed by atoms with Crippen LogP contribution in [0.2, 0.25) is 5.02 Å². The first kappa shape index (κ1) is 13.1. The third-order valence-corrected chi connectivity index (χ3v) is 4.59. The first-order valence-electron chi connectivity index (χ1n) is 5.43. The van der Waals surface area contributed by atoms with Crippen LogP contribution in [0.1, 0.15) is 24.1 Å². The van der Waals surface area contributed by atoms with Crippen molar-refractivity contribution in [1.29, 1.82) is 0 Å². The molecule has 0 aliphatic heterocycles. The largest absolute Gasteiger partial charge is 0.306 e. The Balaban J connectivity index is 2.43. The summed E-state index contributed by atoms with van der Waals surface area (Å²) < 4.78 is 0.940. The molecule has 1 aromatic carbocycles. The van der Waals surface area contributed by atoms with Crippen molar-refractivity contribution < 1.29 is 0 Å². The van der Waals surface area contributed by atoms with Crippen molar-refractivity contribution in [3.8, 4) is 0 Å². The molecule has 1 heterocycles. The molecule has 0 aliphatic rings. The molecule has 0 aliphatic carbocycles. The van der Waals surface area contributed by atoms with Crippen LogP contribution in [0.25, 0.3) is 0 Å². The number of hydrogen-bond donors (Lipinski definition) is 1. The molecule has 1 N–H and O–H groups in total. The highest BCUT2D eigenvalue weighted by molar-refractivity contribution is 9.10. The van der Waals surface area contributed by atoms with E-state index in [1.807, 2.05) is 12.1 Å². The summed E-state index contributed by atoms with van der Waals surface area (Å²) >= 11 is 11.5. The number of hydrogen-bond acceptors (Lipinski definition) is 2. The fourth-order valence-electron chi connectivity index (χ4n) is 1.79. The summed E-state index contributed by atoms with van der Waals surface area (Å²) in [6, 6.07) is 8.34. The minimum absolute atomic E-state index is 0.163. The average molecular weight is 331 g/mol. The monoisotopic (exact) mass is 329 g/mol. The summed E-state index contributed by atoms with van der Waals surface area (Å²) in [5.41, 5.74) is 2.37. The van der Waals surface area contributed by atoms with Gasteiger partial charge < -0.3 is 5.32 Å². The van der Waals surface area contributed by atoms with Gasteiger partial charge in [-0.25, -0.2) is 0 Å². The average Bonchev–Trinajstić information content (AvgIpc) is 2.84. The molecule has 17 heavy (non-hydrogen) atoms. The summed E-state index contributed by atoms with van der Waals surface area (Å²) in [6.45, 7) is 3.01. The van der Waals surface area contributed by atoms with Gasteiger partial charge in [-0.05, 0) is 56.5 Å². The Kier molecular flexibility index (Phi) is 4.62. The van der Waals surface area contributed by atoms with Gasteiger partial charge in [-0.1, -0.05) is 30.7 Å². The van der Waals surface area contributed by atoms with E-state index in [0.717, 1.165) is 21.6 Å². The van der Waals surface area contributed by atoms with Gasteiger partial charge in [0.2, 0.25) is 0 Å². The van der Waals surface area contributed by atoms with Gasteiger partial charge >= 0.3 is 0 Å². The van der Waals surface area contributed by atoms with E-state index < -0.39 is 0 Å². The lowest BCUT2D eigenvalue weighted by Crippen LogP contribution is -2.21. The molecule has 1 atom stereocenters. The van der Waals surface area contributed by atoms with E-state index in [2.05, 4.69) is 51.1 Å². The van der Waals surface area contributed by atoms with E-state index in [1.165, 1.54) is 5.56 Å². The Bertz CT molecular complexity index is 484. The van der Waals surface area contributed by atoms with Crippen molar-refractivity contribution in [3.05, 3.63) is 55.6 Å². The van der Waals surface area contributed by atoms with Crippen LogP contribution in [0.5, 0.6) is 0 Å². The van der Waals surface area contributed by atoms with Crippen LogP contribution < -0.4 is 5.32 Å². The summed E-state index contributed by atoms with van der Waals surface area (Å²) in [7, 11) is 0. The molecule has 90 valence electrons. The highest BCUT2D eigenvalue weighted by Gasteiger charge is 2.17. The number of halogens is 2. The molecule has 1 nitrogen and oxygen atoms in total. The molecule has 4 heteroatoms. The van der Waals surface area contributed by atoms with Gasteiger partial charge in [-0.3, -0.25) is 0 Å². The van der Waals surface area contributed by atoms with Crippen LogP contribution in [0, 0.1) is 0 Å². The van der Waals surface area contributed by atoms with E-state index in [1.54, 1.807) is 11.3 Å². The Labute approximate surface area is 119 Å². The van der Waals surface area contributed by atoms with E-state index in [4.69, 9.17) is 11.6 Å². The molecule has 0 radical (unpaired) electrons. The number of thiophene rings is 1. The molecule has 2 rings (SSSR count). The lowest BCUT2D eigenvalue weighted by molar-refractivity contribution is 0.632. The van der Waals surface area contributed by atoms with Gasteiger partial charge in [-0.15, -0.1) is 0 Å². The first-order chi connectivity index (χ1) is 8.24. The maximum absolute atomic E-state index is 6.36. The van der Waals surface area contributed by atoms with Gasteiger partial charge in [0.05, 0.1) is 11.1 Å². The minimum atomic E-state index is 0.163. The summed E-state index contributed by atoms with van der Waals surface area (Å²) in [5.74, 6) is 0. The van der Waals surface area contributed by atoms with E-state index >= 15 is 0 Å². The molecule has 0 fully saturated rings. The quantitative estimate of drug-likeness (QED) is 0.844. The van der Waals surface area contributed by atoms with Crippen molar-refractivity contribution in [3.63, 3.8) is 0 Å². The Morgan fingerprint density at radius 2 is 2.24 bits per heavy atom. The van der Waals surface area contributed by atoms with Crippen molar-refractivity contribution in [1.82, 2.24) is 5.32 Å². The topological polar surface area (TPSA) is 12.0 Å². The van der Waals surface area contributed by atoms with Crippen LogP contribution in [-0.4, -0.2) is 6.54 Å². The second-order valence-electron chi connectivity index (χ2n) is 3.69. The highest BCUT2D eigenvalue weighted by Crippen LogP contribution is 2.33. The molecule has 1 aromatic heterocycles. The van der Waals surface area contributed by atoms with E-state index in [0.29, 0.717) is 0 Å². The predicted octanol–water partition coefficient (Wildman–Crippen LogP) is 4.86. The molecule has 1 unspecified atom stereocenters. The molecule has 0 bridgehead atoms. The predicted molar refractivity (Wildman–Crippen MR) is 79.0 cm³/mol. The smallest absolute Gasteiger partial charge is 0.0600 e. The SMILES string of the molecule is CCNC(c1ccsc1)c1cccc(Br)c1Cl. The molecule has 0 saturated carbocycles. The first-order valence-corrected chi connectivity index (χ1v) is 7.54. The zero-order chi connectivity index (χ0) is 12.3. The third kappa shape index (κ3) is 2.91. The maximum atomic E-state index is 6.36. The number of benzene rings is 1. The summed E-state index contributed by atoms with van der Waals surface area (Å²) in [5, 5.41) is 8.50. The minimum Gasteiger partial charge on any atom is -0.306 e. The number of rotatable bonds is 4. The second-order valence-corrected chi connectivity index (χ2v) is 5.70. The van der Waals surface area contributed by atoms with E-state index in [-0.39, 0.29) is 6.04 Å². The molecule has 2 aromatic rings. The van der Waals surface area contributed by atoms with Crippen LogP contribution in [0.3, 0.4) is 0 Å². The fraction of sp³-hybridized carbons (Fsp3) is 0.231. The maximum Gasteiger partial charge on any atom is 0.0600 e. The lowest BCUT2D eigenvalue weighted by atomic mass is 10.0. The zero-order valence-corrected chi connectivity index (χ0v) is 12.6. The Morgan fingerprint density at radius 1 is 1.41 bits per heavy atom. The lowest BCUT2D eigenvalue weighted by Gasteiger charge is -2.19. The molecule has 0 spiro atoms. The molecule has 0 amide bonds. The Hall–Kier alpha value is -0.350. The fourth-order valence-corrected chi connectivity index (χ4v) is 3.10. The second kappa shape index (κ2) is 6.01. The van der Waals surface area contributed by atoms with Gasteiger partial charge in [0.15, 0.2) is 0 Å². The van der Waals surface area contributed by atoms with Crippen molar-refractivity contribution >= 4 is 38.9 Å².